The zero-order valence-electron chi connectivity index (χ0n) is 20.2. The Morgan fingerprint density at radius 3 is 2.17 bits per heavy atom. The number of carbonyl (C=O) groups excluding carboxylic acids is 2. The van der Waals surface area contributed by atoms with E-state index in [0.29, 0.717) is 39.3 Å². The number of aryl methyl sites for hydroxylation is 1. The second kappa shape index (κ2) is 11.3. The minimum Gasteiger partial charge on any atom is -0.338 e. The normalized spacial score (nSPS) is 19.7. The summed E-state index contributed by atoms with van der Waals surface area (Å²) in [5.41, 5.74) is 2.84. The zero-order valence-corrected chi connectivity index (χ0v) is 21.0. The molecule has 0 saturated carbocycles. The highest BCUT2D eigenvalue weighted by Crippen LogP contribution is 2.26. The Labute approximate surface area is 207 Å². The Morgan fingerprint density at radius 1 is 0.886 bits per heavy atom. The number of para-hydroxylation sites is 1. The Hall–Kier alpha value is -2.75. The fourth-order valence-electron chi connectivity index (χ4n) is 4.77. The van der Waals surface area contributed by atoms with Crippen LogP contribution >= 0.6 is 0 Å². The van der Waals surface area contributed by atoms with Gasteiger partial charge in [-0.3, -0.25) is 19.4 Å². The molecular formula is C26H34N4O4S. The first-order valence-corrected chi connectivity index (χ1v) is 14.1. The van der Waals surface area contributed by atoms with Gasteiger partial charge >= 0.3 is 0 Å². The van der Waals surface area contributed by atoms with Crippen molar-refractivity contribution in [2.45, 2.75) is 19.4 Å². The zero-order chi connectivity index (χ0) is 24.8. The van der Waals surface area contributed by atoms with Gasteiger partial charge in [-0.2, -0.15) is 0 Å². The van der Waals surface area contributed by atoms with Gasteiger partial charge in [-0.1, -0.05) is 55.5 Å². The molecule has 2 heterocycles. The van der Waals surface area contributed by atoms with Crippen LogP contribution in [0.2, 0.25) is 0 Å². The lowest BCUT2D eigenvalue weighted by atomic mass is 10.0. The molecule has 0 aromatic heterocycles. The molecule has 2 aliphatic heterocycles. The lowest BCUT2D eigenvalue weighted by molar-refractivity contribution is -0.139. The highest BCUT2D eigenvalue weighted by molar-refractivity contribution is 7.91. The van der Waals surface area contributed by atoms with Crippen molar-refractivity contribution in [2.75, 3.05) is 62.6 Å². The topological polar surface area (TPSA) is 90.0 Å². The molecule has 2 aromatic rings. The quantitative estimate of drug-likeness (QED) is 0.626. The summed E-state index contributed by atoms with van der Waals surface area (Å²) < 4.78 is 23.9. The molecule has 1 unspecified atom stereocenters. The van der Waals surface area contributed by atoms with Crippen LogP contribution in [-0.2, 0) is 25.8 Å². The first kappa shape index (κ1) is 25.3. The van der Waals surface area contributed by atoms with Crippen LogP contribution in [0.15, 0.2) is 54.6 Å². The van der Waals surface area contributed by atoms with Crippen molar-refractivity contribution in [3.05, 3.63) is 65.7 Å². The van der Waals surface area contributed by atoms with E-state index >= 15 is 0 Å². The Morgan fingerprint density at radius 2 is 1.51 bits per heavy atom. The lowest BCUT2D eigenvalue weighted by Gasteiger charge is -2.40. The summed E-state index contributed by atoms with van der Waals surface area (Å²) in [6.45, 7) is 5.36. The molecule has 0 radical (unpaired) electrons. The predicted molar refractivity (Wildman–Crippen MR) is 137 cm³/mol. The van der Waals surface area contributed by atoms with E-state index in [2.05, 4.69) is 17.1 Å². The van der Waals surface area contributed by atoms with E-state index < -0.39 is 15.9 Å². The van der Waals surface area contributed by atoms with E-state index in [0.717, 1.165) is 23.2 Å². The number of benzene rings is 2. The van der Waals surface area contributed by atoms with Gasteiger partial charge in [-0.05, 0) is 23.6 Å². The van der Waals surface area contributed by atoms with E-state index in [-0.39, 0.29) is 29.9 Å². The summed E-state index contributed by atoms with van der Waals surface area (Å²) in [5, 5.41) is 3.02. The van der Waals surface area contributed by atoms with Gasteiger partial charge in [0.25, 0.3) is 0 Å². The number of nitrogens with one attached hydrogen (secondary N) is 1. The molecule has 0 aliphatic carbocycles. The van der Waals surface area contributed by atoms with Crippen LogP contribution in [0.4, 0.5) is 5.69 Å². The maximum Gasteiger partial charge on any atom is 0.244 e. The van der Waals surface area contributed by atoms with Crippen LogP contribution in [0, 0.1) is 0 Å². The smallest absolute Gasteiger partial charge is 0.244 e. The van der Waals surface area contributed by atoms with Crippen molar-refractivity contribution in [2.24, 2.45) is 0 Å². The summed E-state index contributed by atoms with van der Waals surface area (Å²) in [6.07, 6.45) is 0.850. The summed E-state index contributed by atoms with van der Waals surface area (Å²) in [4.78, 5) is 32.2. The number of amides is 2. The second-order valence-corrected chi connectivity index (χ2v) is 11.5. The molecule has 2 aliphatic rings. The number of carbonyl (C=O) groups is 2. The first-order chi connectivity index (χ1) is 16.9. The number of rotatable bonds is 7. The van der Waals surface area contributed by atoms with Crippen molar-refractivity contribution < 1.29 is 18.0 Å². The average molecular weight is 499 g/mol. The maximum atomic E-state index is 13.6. The monoisotopic (exact) mass is 498 g/mol. The largest absolute Gasteiger partial charge is 0.338 e. The molecule has 4 rings (SSSR count). The molecule has 2 saturated heterocycles. The van der Waals surface area contributed by atoms with Gasteiger partial charge in [0.2, 0.25) is 11.8 Å². The molecule has 8 nitrogen and oxygen atoms in total. The number of piperazine rings is 1. The average Bonchev–Trinajstić information content (AvgIpc) is 2.86. The molecule has 2 fully saturated rings. The van der Waals surface area contributed by atoms with Gasteiger partial charge in [-0.15, -0.1) is 0 Å². The van der Waals surface area contributed by atoms with Gasteiger partial charge in [0.15, 0.2) is 9.84 Å². The number of sulfone groups is 1. The molecule has 0 bridgehead atoms. The summed E-state index contributed by atoms with van der Waals surface area (Å²) >= 11 is 0. The van der Waals surface area contributed by atoms with E-state index in [1.54, 1.807) is 0 Å². The van der Waals surface area contributed by atoms with Crippen molar-refractivity contribution in [3.8, 4) is 0 Å². The Balaban J connectivity index is 1.36. The molecule has 1 atom stereocenters. The van der Waals surface area contributed by atoms with Crippen LogP contribution in [0.1, 0.15) is 24.1 Å². The number of hydrogen-bond donors (Lipinski definition) is 1. The van der Waals surface area contributed by atoms with Crippen LogP contribution in [0.3, 0.4) is 0 Å². The lowest BCUT2D eigenvalue weighted by Crippen LogP contribution is -2.54. The second-order valence-electron chi connectivity index (χ2n) is 9.16. The van der Waals surface area contributed by atoms with Gasteiger partial charge in [0.05, 0.1) is 18.1 Å². The molecular weight excluding hydrogens is 464 g/mol. The summed E-state index contributed by atoms with van der Waals surface area (Å²) in [5.74, 6) is 0.0975. The third kappa shape index (κ3) is 6.48. The standard InChI is InChI=1S/C26H34N4O4S/c1-2-21-8-6-7-11-23(21)27-24(31)20-28-12-14-30(15-13-28)26(32)25(22-9-4-3-5-10-22)29-16-18-35(33,34)19-17-29/h3-11,25H,2,12-20H2,1H3,(H,27,31). The van der Waals surface area contributed by atoms with Gasteiger partial charge in [0.1, 0.15) is 6.04 Å². The van der Waals surface area contributed by atoms with Crippen LogP contribution in [0.5, 0.6) is 0 Å². The fourth-order valence-corrected chi connectivity index (χ4v) is 6.00. The van der Waals surface area contributed by atoms with E-state index in [9.17, 15) is 18.0 Å². The van der Waals surface area contributed by atoms with Crippen molar-refractivity contribution in [3.63, 3.8) is 0 Å². The van der Waals surface area contributed by atoms with E-state index in [4.69, 9.17) is 0 Å². The maximum absolute atomic E-state index is 13.6. The predicted octanol–water partition coefficient (Wildman–Crippen LogP) is 1.80. The third-order valence-corrected chi connectivity index (χ3v) is 8.43. The number of hydrogen-bond acceptors (Lipinski definition) is 6. The fraction of sp³-hybridized carbons (Fsp3) is 0.462. The summed E-state index contributed by atoms with van der Waals surface area (Å²) in [7, 11) is -3.04. The minimum absolute atomic E-state index is 0.00327. The molecule has 188 valence electrons. The molecule has 35 heavy (non-hydrogen) atoms. The molecule has 2 aromatic carbocycles. The van der Waals surface area contributed by atoms with Gasteiger partial charge in [-0.25, -0.2) is 8.42 Å². The highest BCUT2D eigenvalue weighted by atomic mass is 32.2. The molecule has 2 amide bonds. The van der Waals surface area contributed by atoms with E-state index in [1.165, 1.54) is 0 Å². The first-order valence-electron chi connectivity index (χ1n) is 12.2. The number of nitrogens with zero attached hydrogens (tertiary/aromatic N) is 3. The molecule has 0 spiro atoms. The van der Waals surface area contributed by atoms with Gasteiger partial charge < -0.3 is 10.2 Å². The van der Waals surface area contributed by atoms with Crippen LogP contribution in [-0.4, -0.2) is 92.3 Å². The Kier molecular flexibility index (Phi) is 8.20. The van der Waals surface area contributed by atoms with Crippen LogP contribution < -0.4 is 5.32 Å². The van der Waals surface area contributed by atoms with Crippen molar-refractivity contribution in [1.29, 1.82) is 0 Å². The van der Waals surface area contributed by atoms with Gasteiger partial charge in [0, 0.05) is 45.0 Å². The molecule has 1 N–H and O–H groups in total. The SMILES string of the molecule is CCc1ccccc1NC(=O)CN1CCN(C(=O)C(c2ccccc2)N2CCS(=O)(=O)CC2)CC1. The number of anilines is 1. The summed E-state index contributed by atoms with van der Waals surface area (Å²) in [6, 6.07) is 16.9. The van der Waals surface area contributed by atoms with Crippen molar-refractivity contribution >= 4 is 27.3 Å². The minimum atomic E-state index is -3.04. The molecule has 9 heteroatoms. The highest BCUT2D eigenvalue weighted by Gasteiger charge is 2.36. The van der Waals surface area contributed by atoms with Crippen molar-refractivity contribution in [1.82, 2.24) is 14.7 Å². The third-order valence-electron chi connectivity index (χ3n) is 6.82. The van der Waals surface area contributed by atoms with Crippen LogP contribution in [0.25, 0.3) is 0 Å². The Bertz CT molecular complexity index is 1120. The van der Waals surface area contributed by atoms with E-state index in [1.807, 2.05) is 64.4 Å².